The third kappa shape index (κ3) is 4.78. The Balaban J connectivity index is 1.54. The average Bonchev–Trinajstić information content (AvgIpc) is 3.00. The first-order valence-corrected chi connectivity index (χ1v) is 11.0. The van der Waals surface area contributed by atoms with Gasteiger partial charge in [-0.1, -0.05) is 45.2 Å². The molecule has 3 aromatic carbocycles. The second-order valence-corrected chi connectivity index (χ2v) is 8.60. The van der Waals surface area contributed by atoms with Crippen LogP contribution in [0.2, 0.25) is 5.02 Å². The van der Waals surface area contributed by atoms with E-state index in [1.807, 2.05) is 0 Å². The minimum atomic E-state index is -0.782. The Kier molecular flexibility index (Phi) is 6.51. The van der Waals surface area contributed by atoms with E-state index in [0.29, 0.717) is 16.9 Å². The maximum absolute atomic E-state index is 13.5. The minimum Gasteiger partial charge on any atom is -0.350 e. The number of halogens is 4. The van der Waals surface area contributed by atoms with Gasteiger partial charge in [0.15, 0.2) is 0 Å². The lowest BCUT2D eigenvalue weighted by Gasteiger charge is -2.15. The molecule has 0 fully saturated rings. The normalized spacial score (nSPS) is 13.5. The van der Waals surface area contributed by atoms with Gasteiger partial charge in [-0.3, -0.25) is 14.4 Å². The van der Waals surface area contributed by atoms with Crippen molar-refractivity contribution >= 4 is 73.9 Å². The van der Waals surface area contributed by atoms with Crippen LogP contribution in [0.5, 0.6) is 0 Å². The van der Waals surface area contributed by atoms with Crippen molar-refractivity contribution in [1.29, 1.82) is 0 Å². The molecule has 4 rings (SSSR count). The maximum Gasteiger partial charge on any atom is 0.283 e. The molecule has 0 unspecified atom stereocenters. The summed E-state index contributed by atoms with van der Waals surface area (Å²) in [5.41, 5.74) is 1.20. The van der Waals surface area contributed by atoms with Gasteiger partial charge in [0.2, 0.25) is 0 Å². The Morgan fingerprint density at radius 1 is 0.909 bits per heavy atom. The number of hydrogen-bond donors (Lipinski definition) is 2. The first-order valence-electron chi connectivity index (χ1n) is 9.42. The summed E-state index contributed by atoms with van der Waals surface area (Å²) in [4.78, 5) is 38.9. The van der Waals surface area contributed by atoms with Crippen LogP contribution in [0, 0.1) is 5.82 Å². The Labute approximate surface area is 206 Å². The lowest BCUT2D eigenvalue weighted by atomic mass is 10.1. The number of hydrogen-bond acceptors (Lipinski definition) is 4. The number of nitrogens with zero attached hydrogens (tertiary/aromatic N) is 1. The van der Waals surface area contributed by atoms with Crippen molar-refractivity contribution in [2.45, 2.75) is 0 Å². The van der Waals surface area contributed by atoms with Gasteiger partial charge in [0, 0.05) is 21.4 Å². The molecule has 0 spiro atoms. The topological polar surface area (TPSA) is 78.5 Å². The van der Waals surface area contributed by atoms with Crippen LogP contribution in [0.4, 0.5) is 21.5 Å². The van der Waals surface area contributed by atoms with Gasteiger partial charge in [0.1, 0.15) is 16.5 Å². The molecule has 0 saturated heterocycles. The largest absolute Gasteiger partial charge is 0.350 e. The van der Waals surface area contributed by atoms with E-state index in [4.69, 9.17) is 23.2 Å². The Hall–Kier alpha value is -3.20. The molecule has 0 radical (unpaired) electrons. The van der Waals surface area contributed by atoms with Gasteiger partial charge in [-0.25, -0.2) is 9.29 Å². The van der Waals surface area contributed by atoms with E-state index in [1.165, 1.54) is 12.1 Å². The smallest absolute Gasteiger partial charge is 0.283 e. The van der Waals surface area contributed by atoms with Crippen molar-refractivity contribution in [2.75, 3.05) is 15.5 Å². The Morgan fingerprint density at radius 2 is 1.64 bits per heavy atom. The molecular weight excluding hydrogens is 536 g/mol. The second kappa shape index (κ2) is 9.35. The van der Waals surface area contributed by atoms with Crippen molar-refractivity contribution in [3.63, 3.8) is 0 Å². The van der Waals surface area contributed by atoms with E-state index < -0.39 is 17.6 Å². The molecule has 10 heteroatoms. The molecule has 0 atom stereocenters. The quantitative estimate of drug-likeness (QED) is 0.387. The van der Waals surface area contributed by atoms with Crippen molar-refractivity contribution < 1.29 is 18.8 Å². The molecule has 3 aromatic rings. The first-order chi connectivity index (χ1) is 15.7. The third-order valence-corrected chi connectivity index (χ3v) is 5.85. The number of imide groups is 1. The fourth-order valence-corrected chi connectivity index (χ4v) is 3.74. The summed E-state index contributed by atoms with van der Waals surface area (Å²) >= 11 is 15.2. The van der Waals surface area contributed by atoms with E-state index >= 15 is 0 Å². The van der Waals surface area contributed by atoms with Crippen molar-refractivity contribution in [3.8, 4) is 0 Å². The molecule has 6 nitrogen and oxygen atoms in total. The summed E-state index contributed by atoms with van der Waals surface area (Å²) in [7, 11) is 0. The van der Waals surface area contributed by atoms with Crippen LogP contribution in [0.3, 0.4) is 0 Å². The van der Waals surface area contributed by atoms with E-state index in [2.05, 4.69) is 26.6 Å². The average molecular weight is 549 g/mol. The van der Waals surface area contributed by atoms with Crippen LogP contribution in [0.25, 0.3) is 0 Å². The lowest BCUT2D eigenvalue weighted by molar-refractivity contribution is -0.120. The summed E-state index contributed by atoms with van der Waals surface area (Å²) in [5, 5.41) is 4.99. The van der Waals surface area contributed by atoms with E-state index in [-0.39, 0.29) is 27.3 Å². The predicted octanol–water partition coefficient (Wildman–Crippen LogP) is 5.93. The maximum atomic E-state index is 13.5. The van der Waals surface area contributed by atoms with Gasteiger partial charge in [0.05, 0.1) is 10.7 Å². The van der Waals surface area contributed by atoms with Crippen LogP contribution in [-0.2, 0) is 9.59 Å². The number of nitrogens with one attached hydrogen (secondary N) is 2. The van der Waals surface area contributed by atoms with Crippen molar-refractivity contribution in [2.24, 2.45) is 0 Å². The molecule has 1 aliphatic rings. The molecule has 3 amide bonds. The molecule has 1 heterocycles. The first kappa shape index (κ1) is 23.0. The zero-order chi connectivity index (χ0) is 23.7. The minimum absolute atomic E-state index is 0.0778. The fourth-order valence-electron chi connectivity index (χ4n) is 3.09. The standard InChI is InChI=1S/C23H13BrCl2FN3O3/c24-13-4-6-14(7-5-13)29-21(31)12-2-1-3-15(10-12)28-20-19(26)22(32)30(23(20)33)16-8-9-18(27)17(25)11-16/h1-11,28H,(H,29,31). The van der Waals surface area contributed by atoms with Crippen LogP contribution in [-0.4, -0.2) is 17.7 Å². The molecule has 0 aromatic heterocycles. The highest BCUT2D eigenvalue weighted by Crippen LogP contribution is 2.32. The van der Waals surface area contributed by atoms with E-state index in [9.17, 15) is 18.8 Å². The zero-order valence-electron chi connectivity index (χ0n) is 16.5. The molecule has 0 saturated carbocycles. The highest BCUT2D eigenvalue weighted by Gasteiger charge is 2.39. The summed E-state index contributed by atoms with van der Waals surface area (Å²) in [6.07, 6.45) is 0. The van der Waals surface area contributed by atoms with Gasteiger partial charge >= 0.3 is 0 Å². The summed E-state index contributed by atoms with van der Waals surface area (Å²) in [6, 6.07) is 16.9. The lowest BCUT2D eigenvalue weighted by Crippen LogP contribution is -2.32. The highest BCUT2D eigenvalue weighted by atomic mass is 79.9. The SMILES string of the molecule is O=C(Nc1ccc(Br)cc1)c1cccc(NC2=C(Cl)C(=O)N(c3ccc(F)c(Cl)c3)C2=O)c1. The molecule has 166 valence electrons. The molecular formula is C23H13BrCl2FN3O3. The van der Waals surface area contributed by atoms with Gasteiger partial charge in [0.25, 0.3) is 17.7 Å². The van der Waals surface area contributed by atoms with E-state index in [0.717, 1.165) is 21.5 Å². The van der Waals surface area contributed by atoms with Gasteiger partial charge in [-0.2, -0.15) is 0 Å². The predicted molar refractivity (Wildman–Crippen MR) is 129 cm³/mol. The molecule has 33 heavy (non-hydrogen) atoms. The molecule has 1 aliphatic heterocycles. The zero-order valence-corrected chi connectivity index (χ0v) is 19.6. The Morgan fingerprint density at radius 3 is 2.33 bits per heavy atom. The van der Waals surface area contributed by atoms with Crippen LogP contribution < -0.4 is 15.5 Å². The molecule has 0 aliphatic carbocycles. The van der Waals surface area contributed by atoms with Gasteiger partial charge in [-0.05, 0) is 60.7 Å². The van der Waals surface area contributed by atoms with Gasteiger partial charge in [-0.15, -0.1) is 0 Å². The number of rotatable bonds is 5. The van der Waals surface area contributed by atoms with E-state index in [1.54, 1.807) is 42.5 Å². The Bertz CT molecular complexity index is 1330. The highest BCUT2D eigenvalue weighted by molar-refractivity contribution is 9.10. The number of amides is 3. The fraction of sp³-hybridized carbons (Fsp3) is 0. The number of anilines is 3. The monoisotopic (exact) mass is 547 g/mol. The summed E-state index contributed by atoms with van der Waals surface area (Å²) < 4.78 is 14.4. The van der Waals surface area contributed by atoms with Crippen LogP contribution >= 0.6 is 39.1 Å². The van der Waals surface area contributed by atoms with Crippen molar-refractivity contribution in [1.82, 2.24) is 0 Å². The second-order valence-electron chi connectivity index (χ2n) is 6.90. The summed E-state index contributed by atoms with van der Waals surface area (Å²) in [5.74, 6) is -2.57. The third-order valence-electron chi connectivity index (χ3n) is 4.68. The van der Waals surface area contributed by atoms with Crippen LogP contribution in [0.15, 0.2) is 81.9 Å². The van der Waals surface area contributed by atoms with Crippen molar-refractivity contribution in [3.05, 3.63) is 98.3 Å². The number of carbonyl (C=O) groups is 3. The molecule has 0 bridgehead atoms. The molecule has 2 N–H and O–H groups in total. The number of benzene rings is 3. The number of carbonyl (C=O) groups excluding carboxylic acids is 3. The summed E-state index contributed by atoms with van der Waals surface area (Å²) in [6.45, 7) is 0. The van der Waals surface area contributed by atoms with Gasteiger partial charge < -0.3 is 10.6 Å². The van der Waals surface area contributed by atoms with Crippen LogP contribution in [0.1, 0.15) is 10.4 Å².